The van der Waals surface area contributed by atoms with Crippen molar-refractivity contribution >= 4 is 5.91 Å². The van der Waals surface area contributed by atoms with Crippen molar-refractivity contribution in [2.45, 2.75) is 25.2 Å². The van der Waals surface area contributed by atoms with E-state index in [9.17, 15) is 9.59 Å². The summed E-state index contributed by atoms with van der Waals surface area (Å²) < 4.78 is 11.4. The Balaban J connectivity index is 1.63. The van der Waals surface area contributed by atoms with E-state index in [0.29, 0.717) is 26.2 Å². The van der Waals surface area contributed by atoms with Gasteiger partial charge in [-0.25, -0.2) is 4.98 Å². The van der Waals surface area contributed by atoms with Crippen molar-refractivity contribution in [3.05, 3.63) is 64.3 Å². The Morgan fingerprint density at radius 3 is 3.00 bits per heavy atom. The minimum atomic E-state index is -0.479. The first-order chi connectivity index (χ1) is 11.7. The number of amides is 1. The van der Waals surface area contributed by atoms with E-state index in [1.54, 1.807) is 0 Å². The zero-order valence-electron chi connectivity index (χ0n) is 13.1. The van der Waals surface area contributed by atoms with Crippen molar-refractivity contribution < 1.29 is 14.3 Å². The minimum absolute atomic E-state index is 0.0233. The first-order valence-corrected chi connectivity index (χ1v) is 7.81. The molecule has 2 atom stereocenters. The minimum Gasteiger partial charge on any atom is -0.379 e. The lowest BCUT2D eigenvalue weighted by Gasteiger charge is -2.32. The van der Waals surface area contributed by atoms with Crippen molar-refractivity contribution in [1.29, 1.82) is 0 Å². The highest BCUT2D eigenvalue weighted by Gasteiger charge is 2.29. The van der Waals surface area contributed by atoms with Crippen LogP contribution in [0.3, 0.4) is 0 Å². The molecule has 1 amide bonds. The van der Waals surface area contributed by atoms with E-state index in [1.807, 2.05) is 30.3 Å². The number of nitrogens with one attached hydrogen (secondary N) is 2. The monoisotopic (exact) mass is 329 g/mol. The number of aromatic nitrogens is 2. The topological polar surface area (TPSA) is 93.3 Å². The number of ether oxygens (including phenoxy) is 2. The summed E-state index contributed by atoms with van der Waals surface area (Å²) in [4.78, 5) is 30.1. The third-order valence-corrected chi connectivity index (χ3v) is 3.88. The number of carbonyl (C=O) groups excluding carboxylic acids is 1. The molecule has 7 nitrogen and oxygen atoms in total. The number of rotatable bonds is 5. The van der Waals surface area contributed by atoms with Crippen LogP contribution in [0.1, 0.15) is 22.3 Å². The highest BCUT2D eigenvalue weighted by Crippen LogP contribution is 2.15. The van der Waals surface area contributed by atoms with Gasteiger partial charge in [0, 0.05) is 12.8 Å². The largest absolute Gasteiger partial charge is 0.379 e. The lowest BCUT2D eigenvalue weighted by Crippen LogP contribution is -2.51. The van der Waals surface area contributed by atoms with Gasteiger partial charge in [0.05, 0.1) is 31.7 Å². The molecule has 0 radical (unpaired) electrons. The SMILES string of the molecule is O=C(N[C@@H]1COCC[C@@H]1OCc1ccccc1)c1cnc[nH]c1=O. The van der Waals surface area contributed by atoms with Crippen LogP contribution in [0.15, 0.2) is 47.7 Å². The highest BCUT2D eigenvalue weighted by atomic mass is 16.5. The molecule has 2 N–H and O–H groups in total. The molecule has 0 saturated carbocycles. The Kier molecular flexibility index (Phi) is 5.35. The molecule has 0 bridgehead atoms. The van der Waals surface area contributed by atoms with E-state index in [4.69, 9.17) is 9.47 Å². The van der Waals surface area contributed by atoms with Crippen LogP contribution in [0.2, 0.25) is 0 Å². The lowest BCUT2D eigenvalue weighted by atomic mass is 10.1. The zero-order valence-corrected chi connectivity index (χ0v) is 13.1. The van der Waals surface area contributed by atoms with E-state index < -0.39 is 11.5 Å². The van der Waals surface area contributed by atoms with Gasteiger partial charge < -0.3 is 19.8 Å². The van der Waals surface area contributed by atoms with Gasteiger partial charge >= 0.3 is 0 Å². The number of aromatic amines is 1. The fourth-order valence-corrected chi connectivity index (χ4v) is 2.58. The van der Waals surface area contributed by atoms with Crippen LogP contribution in [0.5, 0.6) is 0 Å². The van der Waals surface area contributed by atoms with Crippen LogP contribution in [-0.4, -0.2) is 41.2 Å². The normalized spacial score (nSPS) is 20.5. The molecule has 7 heteroatoms. The predicted molar refractivity (Wildman–Crippen MR) is 86.6 cm³/mol. The van der Waals surface area contributed by atoms with Gasteiger partial charge in [0.25, 0.3) is 11.5 Å². The second kappa shape index (κ2) is 7.85. The van der Waals surface area contributed by atoms with Gasteiger partial charge in [-0.1, -0.05) is 30.3 Å². The molecule has 1 aliphatic heterocycles. The van der Waals surface area contributed by atoms with Gasteiger partial charge in [-0.05, 0) is 12.0 Å². The van der Waals surface area contributed by atoms with E-state index in [1.165, 1.54) is 12.5 Å². The Hall–Kier alpha value is -2.51. The van der Waals surface area contributed by atoms with Crippen LogP contribution < -0.4 is 10.9 Å². The molecule has 1 aromatic carbocycles. The van der Waals surface area contributed by atoms with Crippen LogP contribution in [0.4, 0.5) is 0 Å². The molecular weight excluding hydrogens is 310 g/mol. The first-order valence-electron chi connectivity index (χ1n) is 7.81. The summed E-state index contributed by atoms with van der Waals surface area (Å²) in [5.74, 6) is -0.479. The first kappa shape index (κ1) is 16.4. The van der Waals surface area contributed by atoms with Gasteiger partial charge in [0.2, 0.25) is 0 Å². The third kappa shape index (κ3) is 4.06. The molecule has 3 rings (SSSR count). The number of hydrogen-bond acceptors (Lipinski definition) is 5. The molecule has 2 aromatic rings. The smallest absolute Gasteiger partial charge is 0.263 e. The van der Waals surface area contributed by atoms with Crippen molar-refractivity contribution in [2.24, 2.45) is 0 Å². The fraction of sp³-hybridized carbons (Fsp3) is 0.353. The molecule has 24 heavy (non-hydrogen) atoms. The molecule has 1 fully saturated rings. The summed E-state index contributed by atoms with van der Waals surface area (Å²) in [6.07, 6.45) is 3.01. The molecule has 0 spiro atoms. The Bertz CT molecular complexity index is 732. The van der Waals surface area contributed by atoms with Crippen LogP contribution >= 0.6 is 0 Å². The summed E-state index contributed by atoms with van der Waals surface area (Å²) in [5, 5.41) is 2.81. The maximum absolute atomic E-state index is 12.3. The molecule has 1 aromatic heterocycles. The number of nitrogens with zero attached hydrogens (tertiary/aromatic N) is 1. The maximum Gasteiger partial charge on any atom is 0.263 e. The Labute approximate surface area is 139 Å². The van der Waals surface area contributed by atoms with E-state index >= 15 is 0 Å². The van der Waals surface area contributed by atoms with E-state index in [0.717, 1.165) is 5.56 Å². The second-order valence-electron chi connectivity index (χ2n) is 5.57. The van der Waals surface area contributed by atoms with Crippen molar-refractivity contribution in [1.82, 2.24) is 15.3 Å². The number of hydrogen-bond donors (Lipinski definition) is 2. The van der Waals surface area contributed by atoms with Crippen molar-refractivity contribution in [2.75, 3.05) is 13.2 Å². The zero-order chi connectivity index (χ0) is 16.8. The van der Waals surface area contributed by atoms with Crippen LogP contribution in [0.25, 0.3) is 0 Å². The molecule has 1 saturated heterocycles. The Morgan fingerprint density at radius 2 is 2.21 bits per heavy atom. The number of H-pyrrole nitrogens is 1. The summed E-state index contributed by atoms with van der Waals surface area (Å²) in [6, 6.07) is 9.53. The maximum atomic E-state index is 12.3. The van der Waals surface area contributed by atoms with Gasteiger partial charge in [-0.15, -0.1) is 0 Å². The predicted octanol–water partition coefficient (Wildman–Crippen LogP) is 0.874. The Morgan fingerprint density at radius 1 is 1.38 bits per heavy atom. The van der Waals surface area contributed by atoms with Crippen molar-refractivity contribution in [3.63, 3.8) is 0 Å². The molecule has 1 aliphatic rings. The highest BCUT2D eigenvalue weighted by molar-refractivity contribution is 5.93. The average molecular weight is 329 g/mol. The van der Waals surface area contributed by atoms with Gasteiger partial charge in [0.15, 0.2) is 0 Å². The summed E-state index contributed by atoms with van der Waals surface area (Å²) >= 11 is 0. The van der Waals surface area contributed by atoms with E-state index in [-0.39, 0.29) is 17.7 Å². The van der Waals surface area contributed by atoms with Crippen LogP contribution in [0, 0.1) is 0 Å². The van der Waals surface area contributed by atoms with Gasteiger partial charge in [-0.3, -0.25) is 9.59 Å². The summed E-state index contributed by atoms with van der Waals surface area (Å²) in [7, 11) is 0. The number of carbonyl (C=O) groups is 1. The van der Waals surface area contributed by atoms with E-state index in [2.05, 4.69) is 15.3 Å². The van der Waals surface area contributed by atoms with Gasteiger partial charge in [0.1, 0.15) is 5.56 Å². The third-order valence-electron chi connectivity index (χ3n) is 3.88. The average Bonchev–Trinajstić information content (AvgIpc) is 2.62. The molecule has 126 valence electrons. The summed E-state index contributed by atoms with van der Waals surface area (Å²) in [6.45, 7) is 1.40. The fourth-order valence-electron chi connectivity index (χ4n) is 2.58. The second-order valence-corrected chi connectivity index (χ2v) is 5.57. The standard InChI is InChI=1S/C17H19N3O4/c21-16-13(8-18-11-19-16)17(22)20-14-10-23-7-6-15(14)24-9-12-4-2-1-3-5-12/h1-5,8,11,14-15H,6-7,9-10H2,(H,20,22)(H,18,19,21)/t14-,15+/m1/s1. The quantitative estimate of drug-likeness (QED) is 0.849. The lowest BCUT2D eigenvalue weighted by molar-refractivity contribution is -0.0605. The van der Waals surface area contributed by atoms with Crippen LogP contribution in [-0.2, 0) is 16.1 Å². The molecule has 0 aliphatic carbocycles. The van der Waals surface area contributed by atoms with Gasteiger partial charge in [-0.2, -0.15) is 0 Å². The van der Waals surface area contributed by atoms with Crippen molar-refractivity contribution in [3.8, 4) is 0 Å². The molecular formula is C17H19N3O4. The molecule has 2 heterocycles. The number of benzene rings is 1. The molecule has 0 unspecified atom stereocenters. The summed E-state index contributed by atoms with van der Waals surface area (Å²) in [5.41, 5.74) is 0.573.